The molecule has 0 bridgehead atoms. The number of amides is 1. The Labute approximate surface area is 127 Å². The van der Waals surface area contributed by atoms with Crippen LogP contribution in [0.4, 0.5) is 5.13 Å². The molecule has 1 amide bonds. The van der Waals surface area contributed by atoms with Crippen molar-refractivity contribution in [2.45, 2.75) is 12.8 Å². The van der Waals surface area contributed by atoms with Crippen LogP contribution in [0.2, 0.25) is 0 Å². The van der Waals surface area contributed by atoms with Crippen LogP contribution < -0.4 is 10.6 Å². The third-order valence-electron chi connectivity index (χ3n) is 3.22. The smallest absolute Gasteiger partial charge is 0.229 e. The van der Waals surface area contributed by atoms with Gasteiger partial charge in [0.15, 0.2) is 10.9 Å². The molecule has 3 heterocycles. The summed E-state index contributed by atoms with van der Waals surface area (Å²) in [6, 6.07) is 3.68. The van der Waals surface area contributed by atoms with E-state index in [-0.39, 0.29) is 24.2 Å². The third-order valence-corrected chi connectivity index (χ3v) is 3.98. The number of carbonyl (C=O) groups is 1. The fourth-order valence-electron chi connectivity index (χ4n) is 2.16. The van der Waals surface area contributed by atoms with Gasteiger partial charge in [0.1, 0.15) is 5.69 Å². The lowest BCUT2D eigenvalue weighted by atomic mass is 9.97. The number of hydrogen-bond donors (Lipinski definition) is 2. The van der Waals surface area contributed by atoms with Crippen LogP contribution in [0.3, 0.4) is 0 Å². The Balaban J connectivity index is 0.00000147. The second-order valence-electron chi connectivity index (χ2n) is 4.53. The molecular formula is C13H16ClN3O2S. The molecule has 2 aromatic rings. The standard InChI is InChI=1S/C13H15N3O2S.ClH/c17-12(9-3-5-14-6-4-9)16-13-15-10(8-19-13)11-2-1-7-18-11;/h1-2,7-9,14H,3-6H2,(H,15,16,17);1H. The highest BCUT2D eigenvalue weighted by Gasteiger charge is 2.21. The second kappa shape index (κ2) is 6.88. The van der Waals surface area contributed by atoms with Crippen molar-refractivity contribution in [2.75, 3.05) is 18.4 Å². The van der Waals surface area contributed by atoms with E-state index >= 15 is 0 Å². The zero-order valence-electron chi connectivity index (χ0n) is 10.8. The van der Waals surface area contributed by atoms with Crippen molar-refractivity contribution in [3.05, 3.63) is 23.8 Å². The quantitative estimate of drug-likeness (QED) is 0.914. The summed E-state index contributed by atoms with van der Waals surface area (Å²) in [5.41, 5.74) is 0.760. The number of nitrogens with one attached hydrogen (secondary N) is 2. The molecule has 0 spiro atoms. The SMILES string of the molecule is Cl.O=C(Nc1nc(-c2ccco2)cs1)C1CCNCC1. The number of hydrogen-bond acceptors (Lipinski definition) is 5. The third kappa shape index (κ3) is 3.39. The van der Waals surface area contributed by atoms with Crippen molar-refractivity contribution in [3.8, 4) is 11.5 Å². The van der Waals surface area contributed by atoms with Gasteiger partial charge in [0, 0.05) is 11.3 Å². The predicted octanol–water partition coefficient (Wildman–Crippen LogP) is 2.76. The van der Waals surface area contributed by atoms with Gasteiger partial charge in [-0.15, -0.1) is 23.7 Å². The van der Waals surface area contributed by atoms with Gasteiger partial charge in [-0.05, 0) is 38.1 Å². The molecule has 0 aliphatic carbocycles. The van der Waals surface area contributed by atoms with E-state index in [1.54, 1.807) is 6.26 Å². The fourth-order valence-corrected chi connectivity index (χ4v) is 2.86. The molecule has 0 atom stereocenters. The van der Waals surface area contributed by atoms with E-state index < -0.39 is 0 Å². The lowest BCUT2D eigenvalue weighted by molar-refractivity contribution is -0.120. The van der Waals surface area contributed by atoms with Gasteiger partial charge in [0.25, 0.3) is 0 Å². The molecule has 1 saturated heterocycles. The van der Waals surface area contributed by atoms with Crippen LogP contribution in [0.25, 0.3) is 11.5 Å². The maximum absolute atomic E-state index is 12.1. The number of halogens is 1. The van der Waals surface area contributed by atoms with Crippen molar-refractivity contribution in [2.24, 2.45) is 5.92 Å². The fraction of sp³-hybridized carbons (Fsp3) is 0.385. The lowest BCUT2D eigenvalue weighted by Crippen LogP contribution is -2.34. The van der Waals surface area contributed by atoms with Crippen molar-refractivity contribution >= 4 is 34.8 Å². The molecule has 0 aromatic carbocycles. The zero-order valence-corrected chi connectivity index (χ0v) is 12.4. The van der Waals surface area contributed by atoms with Gasteiger partial charge in [-0.3, -0.25) is 4.79 Å². The van der Waals surface area contributed by atoms with Crippen molar-refractivity contribution < 1.29 is 9.21 Å². The second-order valence-corrected chi connectivity index (χ2v) is 5.39. The Hall–Kier alpha value is -1.37. The molecule has 2 N–H and O–H groups in total. The van der Waals surface area contributed by atoms with Crippen LogP contribution >= 0.6 is 23.7 Å². The first-order valence-electron chi connectivity index (χ1n) is 6.34. The molecule has 108 valence electrons. The van der Waals surface area contributed by atoms with Crippen molar-refractivity contribution in [3.63, 3.8) is 0 Å². The first kappa shape index (κ1) is 15.0. The molecule has 20 heavy (non-hydrogen) atoms. The van der Waals surface area contributed by atoms with Crippen LogP contribution in [0.1, 0.15) is 12.8 Å². The van der Waals surface area contributed by atoms with Crippen LogP contribution in [0.5, 0.6) is 0 Å². The predicted molar refractivity (Wildman–Crippen MR) is 81.3 cm³/mol. The Kier molecular flexibility index (Phi) is 5.17. The van der Waals surface area contributed by atoms with Crippen LogP contribution in [-0.4, -0.2) is 24.0 Å². The molecule has 7 heteroatoms. The van der Waals surface area contributed by atoms with E-state index in [0.717, 1.165) is 37.4 Å². The summed E-state index contributed by atoms with van der Waals surface area (Å²) in [4.78, 5) is 16.4. The van der Waals surface area contributed by atoms with E-state index in [2.05, 4.69) is 15.6 Å². The normalized spacial score (nSPS) is 15.6. The summed E-state index contributed by atoms with van der Waals surface area (Å²) >= 11 is 1.42. The number of furan rings is 1. The Morgan fingerprint density at radius 1 is 1.45 bits per heavy atom. The molecule has 1 fully saturated rings. The van der Waals surface area contributed by atoms with Crippen molar-refractivity contribution in [1.29, 1.82) is 0 Å². The van der Waals surface area contributed by atoms with Crippen LogP contribution in [0, 0.1) is 5.92 Å². The highest BCUT2D eigenvalue weighted by molar-refractivity contribution is 7.14. The number of carbonyl (C=O) groups excluding carboxylic acids is 1. The average Bonchev–Trinajstić information content (AvgIpc) is 3.10. The summed E-state index contributed by atoms with van der Waals surface area (Å²) in [6.45, 7) is 1.82. The highest BCUT2D eigenvalue weighted by Crippen LogP contribution is 2.26. The number of aromatic nitrogens is 1. The number of nitrogens with zero attached hydrogens (tertiary/aromatic N) is 1. The number of rotatable bonds is 3. The Morgan fingerprint density at radius 2 is 2.25 bits per heavy atom. The minimum absolute atomic E-state index is 0. The molecule has 3 rings (SSSR count). The van der Waals surface area contributed by atoms with Gasteiger partial charge >= 0.3 is 0 Å². The minimum Gasteiger partial charge on any atom is -0.463 e. The molecular weight excluding hydrogens is 298 g/mol. The molecule has 5 nitrogen and oxygen atoms in total. The average molecular weight is 314 g/mol. The summed E-state index contributed by atoms with van der Waals surface area (Å²) in [5.74, 6) is 0.887. The maximum Gasteiger partial charge on any atom is 0.229 e. The van der Waals surface area contributed by atoms with E-state index in [1.165, 1.54) is 11.3 Å². The Bertz CT molecular complexity index is 550. The summed E-state index contributed by atoms with van der Waals surface area (Å²) in [7, 11) is 0. The van der Waals surface area contributed by atoms with E-state index in [9.17, 15) is 4.79 Å². The number of thiazole rings is 1. The van der Waals surface area contributed by atoms with Crippen LogP contribution in [-0.2, 0) is 4.79 Å². The molecule has 0 saturated carbocycles. The number of anilines is 1. The molecule has 1 aliphatic heterocycles. The maximum atomic E-state index is 12.1. The Morgan fingerprint density at radius 3 is 2.95 bits per heavy atom. The van der Waals surface area contributed by atoms with Gasteiger partial charge in [0.2, 0.25) is 5.91 Å². The summed E-state index contributed by atoms with van der Waals surface area (Å²) in [5, 5.41) is 8.66. The number of piperidine rings is 1. The van der Waals surface area contributed by atoms with Gasteiger partial charge in [-0.1, -0.05) is 0 Å². The van der Waals surface area contributed by atoms with Gasteiger partial charge in [0.05, 0.1) is 6.26 Å². The van der Waals surface area contributed by atoms with Crippen LogP contribution in [0.15, 0.2) is 28.2 Å². The van der Waals surface area contributed by atoms with Gasteiger partial charge in [-0.2, -0.15) is 0 Å². The van der Waals surface area contributed by atoms with E-state index in [0.29, 0.717) is 5.13 Å². The largest absolute Gasteiger partial charge is 0.463 e. The van der Waals surface area contributed by atoms with Gasteiger partial charge < -0.3 is 15.1 Å². The molecule has 0 radical (unpaired) electrons. The monoisotopic (exact) mass is 313 g/mol. The minimum atomic E-state index is 0. The summed E-state index contributed by atoms with van der Waals surface area (Å²) in [6.07, 6.45) is 3.40. The lowest BCUT2D eigenvalue weighted by Gasteiger charge is -2.20. The summed E-state index contributed by atoms with van der Waals surface area (Å²) < 4.78 is 5.28. The highest BCUT2D eigenvalue weighted by atomic mass is 35.5. The molecule has 0 unspecified atom stereocenters. The topological polar surface area (TPSA) is 67.2 Å². The first-order chi connectivity index (χ1) is 9.33. The van der Waals surface area contributed by atoms with Gasteiger partial charge in [-0.25, -0.2) is 4.98 Å². The zero-order chi connectivity index (χ0) is 13.1. The first-order valence-corrected chi connectivity index (χ1v) is 7.22. The molecule has 1 aliphatic rings. The van der Waals surface area contributed by atoms with E-state index in [1.807, 2.05) is 17.5 Å². The van der Waals surface area contributed by atoms with Crippen molar-refractivity contribution in [1.82, 2.24) is 10.3 Å². The van der Waals surface area contributed by atoms with E-state index in [4.69, 9.17) is 4.42 Å². The molecule has 2 aromatic heterocycles.